The zero-order valence-corrected chi connectivity index (χ0v) is 19.1. The molecule has 0 bridgehead atoms. The number of nitrogens with one attached hydrogen (secondary N) is 1. The minimum atomic E-state index is 0.282. The van der Waals surface area contributed by atoms with Gasteiger partial charge in [-0.15, -0.1) is 0 Å². The number of aromatic nitrogens is 2. The maximum atomic E-state index is 6.48. The topological polar surface area (TPSA) is 59.4 Å². The van der Waals surface area contributed by atoms with Gasteiger partial charge in [0.1, 0.15) is 17.4 Å². The van der Waals surface area contributed by atoms with Crippen molar-refractivity contribution in [2.75, 3.05) is 7.05 Å². The van der Waals surface area contributed by atoms with Crippen LogP contribution in [0.2, 0.25) is 5.02 Å². The number of benzene rings is 2. The maximum absolute atomic E-state index is 6.48. The zero-order valence-electron chi connectivity index (χ0n) is 17.5. The average Bonchev–Trinajstić information content (AvgIpc) is 3.41. The summed E-state index contributed by atoms with van der Waals surface area (Å²) in [5, 5.41) is 4.21. The van der Waals surface area contributed by atoms with Crippen LogP contribution in [0.15, 0.2) is 47.5 Å². The Morgan fingerprint density at radius 2 is 2.00 bits per heavy atom. The van der Waals surface area contributed by atoms with E-state index in [1.54, 1.807) is 6.07 Å². The highest BCUT2D eigenvalue weighted by Gasteiger charge is 2.42. The first-order valence-corrected chi connectivity index (χ1v) is 11.2. The van der Waals surface area contributed by atoms with Gasteiger partial charge in [0.2, 0.25) is 0 Å². The zero-order chi connectivity index (χ0) is 21.3. The van der Waals surface area contributed by atoms with Crippen LogP contribution in [-0.2, 0) is 0 Å². The van der Waals surface area contributed by atoms with Crippen molar-refractivity contribution >= 4 is 34.7 Å². The molecule has 1 N–H and O–H groups in total. The number of hydrogen-bond donors (Lipinski definition) is 1. The molecule has 7 heteroatoms. The lowest BCUT2D eigenvalue weighted by Crippen LogP contribution is -2.23. The molecule has 1 heterocycles. The van der Waals surface area contributed by atoms with Gasteiger partial charge in [-0.3, -0.25) is 0 Å². The Morgan fingerprint density at radius 1 is 1.23 bits per heavy atom. The molecule has 30 heavy (non-hydrogen) atoms. The van der Waals surface area contributed by atoms with Crippen molar-refractivity contribution < 1.29 is 4.74 Å². The molecule has 0 aliphatic heterocycles. The summed E-state index contributed by atoms with van der Waals surface area (Å²) in [6.07, 6.45) is 1.08. The molecular weight excluding hydrogens is 416 g/mol. The Bertz CT molecular complexity index is 1060. The predicted molar refractivity (Wildman–Crippen MR) is 124 cm³/mol. The lowest BCUT2D eigenvalue weighted by atomic mass is 10.1. The highest BCUT2D eigenvalue weighted by atomic mass is 35.5. The van der Waals surface area contributed by atoms with Gasteiger partial charge >= 0.3 is 0 Å². The highest BCUT2D eigenvalue weighted by Crippen LogP contribution is 2.54. The number of hydrogen-bond acceptors (Lipinski definition) is 5. The summed E-state index contributed by atoms with van der Waals surface area (Å²) in [6, 6.07) is 14.3. The van der Waals surface area contributed by atoms with Gasteiger partial charge in [0.25, 0.3) is 5.19 Å². The number of rotatable bonds is 6. The molecule has 0 saturated heterocycles. The van der Waals surface area contributed by atoms with E-state index in [1.165, 1.54) is 17.1 Å². The molecule has 0 unspecified atom stereocenters. The molecule has 0 radical (unpaired) electrons. The Hall–Kier alpha value is -2.44. The van der Waals surface area contributed by atoms with Gasteiger partial charge in [-0.1, -0.05) is 55.8 Å². The summed E-state index contributed by atoms with van der Waals surface area (Å²) >= 11 is 7.76. The number of nitrogens with zero attached hydrogens (tertiary/aromatic N) is 3. The van der Waals surface area contributed by atoms with Crippen molar-refractivity contribution in [2.45, 2.75) is 39.0 Å². The van der Waals surface area contributed by atoms with E-state index in [2.05, 4.69) is 57.8 Å². The van der Waals surface area contributed by atoms with Gasteiger partial charge in [-0.25, -0.2) is 4.99 Å². The molecule has 3 aromatic rings. The Morgan fingerprint density at radius 3 is 2.70 bits per heavy atom. The molecule has 0 spiro atoms. The van der Waals surface area contributed by atoms with E-state index in [0.717, 1.165) is 29.3 Å². The van der Waals surface area contributed by atoms with Crippen LogP contribution in [0.25, 0.3) is 0 Å². The fraction of sp³-hybridized carbons (Fsp3) is 0.348. The van der Waals surface area contributed by atoms with Gasteiger partial charge < -0.3 is 10.1 Å². The summed E-state index contributed by atoms with van der Waals surface area (Å²) in [5.74, 6) is 3.58. The third-order valence-electron chi connectivity index (χ3n) is 5.26. The maximum Gasteiger partial charge on any atom is 0.298 e. The molecule has 5 nitrogen and oxygen atoms in total. The second-order valence-electron chi connectivity index (χ2n) is 7.85. The number of ether oxygens (including phenoxy) is 1. The second-order valence-corrected chi connectivity index (χ2v) is 8.97. The molecule has 1 saturated carbocycles. The number of aryl methyl sites for hydroxylation is 1. The minimum absolute atomic E-state index is 0.282. The van der Waals surface area contributed by atoms with Crippen LogP contribution in [0.1, 0.15) is 49.1 Å². The molecule has 1 aliphatic rings. The fourth-order valence-electron chi connectivity index (χ4n) is 3.50. The monoisotopic (exact) mass is 440 g/mol. The number of halogens is 1. The third-order valence-corrected chi connectivity index (χ3v) is 6.17. The van der Waals surface area contributed by atoms with Gasteiger partial charge in [-0.2, -0.15) is 9.36 Å². The van der Waals surface area contributed by atoms with E-state index < -0.39 is 0 Å². The molecule has 1 aromatic heterocycles. The van der Waals surface area contributed by atoms with Crippen LogP contribution in [0.5, 0.6) is 10.9 Å². The minimum Gasteiger partial charge on any atom is -0.430 e. The first-order valence-electron chi connectivity index (χ1n) is 10.1. The van der Waals surface area contributed by atoms with E-state index in [-0.39, 0.29) is 5.92 Å². The van der Waals surface area contributed by atoms with E-state index in [9.17, 15) is 0 Å². The SMILES string of the molecule is CNC(=Nc1cc(C)c(Oc2nc([C@@H]3C[C@H]3c3ccccc3)ns2)cc1Cl)C(C)C. The van der Waals surface area contributed by atoms with E-state index in [4.69, 9.17) is 16.3 Å². The normalized spacial score (nSPS) is 18.5. The van der Waals surface area contributed by atoms with Gasteiger partial charge in [-0.05, 0) is 36.5 Å². The van der Waals surface area contributed by atoms with Gasteiger partial charge in [0, 0.05) is 36.5 Å². The standard InChI is InChI=1S/C23H25ClN4OS/c1-13(2)21(25-4)26-19-10-14(3)20(12-18(19)24)29-23-27-22(28-30-23)17-11-16(17)15-8-6-5-7-9-15/h5-10,12-13,16-17H,11H2,1-4H3,(H,25,26)/t16-,17+/m0/s1. The molecule has 1 fully saturated rings. The largest absolute Gasteiger partial charge is 0.430 e. The summed E-state index contributed by atoms with van der Waals surface area (Å²) in [7, 11) is 1.87. The number of amidine groups is 1. The molecule has 2 aromatic carbocycles. The first kappa shape index (κ1) is 20.8. The quantitative estimate of drug-likeness (QED) is 0.352. The summed E-state index contributed by atoms with van der Waals surface area (Å²) in [4.78, 5) is 9.28. The van der Waals surface area contributed by atoms with Crippen molar-refractivity contribution in [3.05, 3.63) is 64.4 Å². The lowest BCUT2D eigenvalue weighted by molar-refractivity contribution is 0.473. The van der Waals surface area contributed by atoms with Crippen molar-refractivity contribution in [3.8, 4) is 10.9 Å². The molecule has 2 atom stereocenters. The van der Waals surface area contributed by atoms with Crippen molar-refractivity contribution in [1.29, 1.82) is 0 Å². The first-order chi connectivity index (χ1) is 14.5. The van der Waals surface area contributed by atoms with Gasteiger partial charge in [0.15, 0.2) is 0 Å². The smallest absolute Gasteiger partial charge is 0.298 e. The van der Waals surface area contributed by atoms with Crippen molar-refractivity contribution in [3.63, 3.8) is 0 Å². The summed E-state index contributed by atoms with van der Waals surface area (Å²) in [6.45, 7) is 6.15. The Labute approximate surface area is 186 Å². The van der Waals surface area contributed by atoms with Crippen molar-refractivity contribution in [2.24, 2.45) is 10.9 Å². The van der Waals surface area contributed by atoms with Crippen LogP contribution < -0.4 is 10.1 Å². The summed E-state index contributed by atoms with van der Waals surface area (Å²) in [5.41, 5.74) is 3.02. The highest BCUT2D eigenvalue weighted by molar-refractivity contribution is 7.07. The third kappa shape index (κ3) is 4.50. The van der Waals surface area contributed by atoms with Crippen LogP contribution in [0, 0.1) is 12.8 Å². The van der Waals surface area contributed by atoms with Crippen LogP contribution >= 0.6 is 23.1 Å². The van der Waals surface area contributed by atoms with Gasteiger partial charge in [0.05, 0.1) is 10.7 Å². The second kappa shape index (κ2) is 8.74. The fourth-order valence-corrected chi connectivity index (χ4v) is 4.31. The summed E-state index contributed by atoms with van der Waals surface area (Å²) < 4.78 is 10.6. The Kier molecular flexibility index (Phi) is 6.06. The lowest BCUT2D eigenvalue weighted by Gasteiger charge is -2.12. The van der Waals surface area contributed by atoms with Crippen LogP contribution in [-0.4, -0.2) is 22.2 Å². The molecule has 1 aliphatic carbocycles. The molecule has 4 rings (SSSR count). The molecule has 156 valence electrons. The van der Waals surface area contributed by atoms with E-state index in [0.29, 0.717) is 27.8 Å². The number of aliphatic imine (C=N–C) groups is 1. The average molecular weight is 441 g/mol. The van der Waals surface area contributed by atoms with E-state index >= 15 is 0 Å². The van der Waals surface area contributed by atoms with E-state index in [1.807, 2.05) is 26.1 Å². The van der Waals surface area contributed by atoms with Crippen LogP contribution in [0.4, 0.5) is 5.69 Å². The molecule has 0 amide bonds. The van der Waals surface area contributed by atoms with Crippen LogP contribution in [0.3, 0.4) is 0 Å². The predicted octanol–water partition coefficient (Wildman–Crippen LogP) is 6.47. The molecular formula is C23H25ClN4OS. The Balaban J connectivity index is 1.49. The van der Waals surface area contributed by atoms with Crippen molar-refractivity contribution in [1.82, 2.24) is 14.7 Å².